The second-order valence-electron chi connectivity index (χ2n) is 6.59. The Bertz CT molecular complexity index is 807. The van der Waals surface area contributed by atoms with Crippen LogP contribution in [0.1, 0.15) is 30.8 Å². The van der Waals surface area contributed by atoms with Gasteiger partial charge in [0.15, 0.2) is 5.76 Å². The second-order valence-corrected chi connectivity index (χ2v) is 6.59. The molecule has 1 aliphatic heterocycles. The van der Waals surface area contributed by atoms with Gasteiger partial charge in [0.1, 0.15) is 5.76 Å². The van der Waals surface area contributed by atoms with Gasteiger partial charge in [-0.15, -0.1) is 0 Å². The maximum Gasteiger partial charge on any atom is 0.227 e. The number of rotatable bonds is 6. The molecule has 8 heteroatoms. The molecule has 1 saturated heterocycles. The Balaban J connectivity index is 1.75. The third kappa shape index (κ3) is 3.96. The standard InChI is InChI=1S/C18H23N3O5/c1-13-11-14(22)16(24)17(26-13)18(3-9-25-10-4-18)12-15(23)19-6-8-21-7-2-5-20-21/h2,5,7,11,24H,3-4,6,8-10,12H2,1H3,(H,19,23). The van der Waals surface area contributed by atoms with Crippen LogP contribution in [0.5, 0.6) is 5.75 Å². The highest BCUT2D eigenvalue weighted by molar-refractivity contribution is 5.77. The summed E-state index contributed by atoms with van der Waals surface area (Å²) in [6, 6.07) is 3.07. The fraction of sp³-hybridized carbons (Fsp3) is 0.500. The minimum atomic E-state index is -0.747. The van der Waals surface area contributed by atoms with Crippen LogP contribution in [0.4, 0.5) is 0 Å². The van der Waals surface area contributed by atoms with Crippen LogP contribution in [0, 0.1) is 6.92 Å². The van der Waals surface area contributed by atoms with Crippen molar-refractivity contribution in [1.82, 2.24) is 15.1 Å². The van der Waals surface area contributed by atoms with Crippen molar-refractivity contribution >= 4 is 5.91 Å². The summed E-state index contributed by atoms with van der Waals surface area (Å²) in [4.78, 5) is 24.5. The molecule has 1 amide bonds. The van der Waals surface area contributed by atoms with Crippen LogP contribution in [0.3, 0.4) is 0 Å². The highest BCUT2D eigenvalue weighted by Crippen LogP contribution is 2.41. The number of carbonyl (C=O) groups excluding carboxylic acids is 1. The highest BCUT2D eigenvalue weighted by atomic mass is 16.5. The number of aromatic nitrogens is 2. The Morgan fingerprint density at radius 1 is 1.42 bits per heavy atom. The smallest absolute Gasteiger partial charge is 0.227 e. The molecule has 2 aromatic heterocycles. The summed E-state index contributed by atoms with van der Waals surface area (Å²) >= 11 is 0. The number of amides is 1. The van der Waals surface area contributed by atoms with E-state index >= 15 is 0 Å². The van der Waals surface area contributed by atoms with Crippen molar-refractivity contribution in [1.29, 1.82) is 0 Å². The van der Waals surface area contributed by atoms with Gasteiger partial charge in [0.25, 0.3) is 0 Å². The van der Waals surface area contributed by atoms with E-state index in [0.29, 0.717) is 44.9 Å². The van der Waals surface area contributed by atoms with E-state index in [1.807, 2.05) is 12.3 Å². The summed E-state index contributed by atoms with van der Waals surface area (Å²) in [5, 5.41) is 17.2. The lowest BCUT2D eigenvalue weighted by Crippen LogP contribution is -2.40. The van der Waals surface area contributed by atoms with Gasteiger partial charge in [0.2, 0.25) is 17.1 Å². The van der Waals surface area contributed by atoms with E-state index in [1.165, 1.54) is 6.07 Å². The van der Waals surface area contributed by atoms with E-state index in [0.717, 1.165) is 0 Å². The van der Waals surface area contributed by atoms with Crippen LogP contribution in [0.2, 0.25) is 0 Å². The zero-order chi connectivity index (χ0) is 18.6. The van der Waals surface area contributed by atoms with E-state index in [-0.39, 0.29) is 18.1 Å². The lowest BCUT2D eigenvalue weighted by atomic mass is 9.74. The number of ether oxygens (including phenoxy) is 1. The van der Waals surface area contributed by atoms with Crippen LogP contribution in [0.15, 0.2) is 33.7 Å². The summed E-state index contributed by atoms with van der Waals surface area (Å²) in [6.07, 6.45) is 4.63. The Kier molecular flexibility index (Phi) is 5.41. The number of nitrogens with zero attached hydrogens (tertiary/aromatic N) is 2. The SMILES string of the molecule is Cc1cc(=O)c(O)c(C2(CC(=O)NCCn3cccn3)CCOCC2)o1. The Morgan fingerprint density at radius 2 is 2.19 bits per heavy atom. The molecule has 8 nitrogen and oxygen atoms in total. The highest BCUT2D eigenvalue weighted by Gasteiger charge is 2.41. The molecule has 3 heterocycles. The van der Waals surface area contributed by atoms with Gasteiger partial charge in [-0.25, -0.2) is 0 Å². The molecule has 0 aliphatic carbocycles. The molecule has 0 bridgehead atoms. The monoisotopic (exact) mass is 361 g/mol. The number of hydrogen-bond donors (Lipinski definition) is 2. The molecular formula is C18H23N3O5. The summed E-state index contributed by atoms with van der Waals surface area (Å²) in [6.45, 7) is 3.55. The normalized spacial score (nSPS) is 16.3. The first-order chi connectivity index (χ1) is 12.5. The fourth-order valence-electron chi connectivity index (χ4n) is 3.32. The molecule has 0 atom stereocenters. The third-order valence-corrected chi connectivity index (χ3v) is 4.70. The van der Waals surface area contributed by atoms with Gasteiger partial charge in [-0.05, 0) is 25.8 Å². The number of carbonyl (C=O) groups is 1. The topological polar surface area (TPSA) is 107 Å². The maximum absolute atomic E-state index is 12.5. The molecule has 140 valence electrons. The van der Waals surface area contributed by atoms with Crippen molar-refractivity contribution < 1.29 is 19.1 Å². The van der Waals surface area contributed by atoms with Gasteiger partial charge < -0.3 is 19.6 Å². The van der Waals surface area contributed by atoms with E-state index in [1.54, 1.807) is 17.8 Å². The molecule has 0 saturated carbocycles. The molecule has 0 radical (unpaired) electrons. The lowest BCUT2D eigenvalue weighted by Gasteiger charge is -2.35. The molecule has 2 N–H and O–H groups in total. The lowest BCUT2D eigenvalue weighted by molar-refractivity contribution is -0.123. The van der Waals surface area contributed by atoms with E-state index in [9.17, 15) is 14.7 Å². The van der Waals surface area contributed by atoms with Crippen molar-refractivity contribution in [2.75, 3.05) is 19.8 Å². The number of hydrogen-bond acceptors (Lipinski definition) is 6. The zero-order valence-corrected chi connectivity index (χ0v) is 14.7. The van der Waals surface area contributed by atoms with Crippen molar-refractivity contribution in [3.63, 3.8) is 0 Å². The Hall–Kier alpha value is -2.61. The summed E-state index contributed by atoms with van der Waals surface area (Å²) in [7, 11) is 0. The van der Waals surface area contributed by atoms with Crippen LogP contribution in [0.25, 0.3) is 0 Å². The number of aryl methyl sites for hydroxylation is 1. The molecule has 2 aromatic rings. The average Bonchev–Trinajstić information content (AvgIpc) is 3.12. The van der Waals surface area contributed by atoms with Crippen molar-refractivity contribution in [3.05, 3.63) is 46.3 Å². The first-order valence-corrected chi connectivity index (χ1v) is 8.66. The zero-order valence-electron chi connectivity index (χ0n) is 14.7. The quantitative estimate of drug-likeness (QED) is 0.798. The first kappa shape index (κ1) is 18.2. The largest absolute Gasteiger partial charge is 0.502 e. The minimum Gasteiger partial charge on any atom is -0.502 e. The van der Waals surface area contributed by atoms with Crippen LogP contribution in [-0.4, -0.2) is 40.6 Å². The molecule has 0 spiro atoms. The van der Waals surface area contributed by atoms with Gasteiger partial charge in [-0.3, -0.25) is 14.3 Å². The maximum atomic E-state index is 12.5. The van der Waals surface area contributed by atoms with Crippen LogP contribution in [-0.2, 0) is 21.5 Å². The fourth-order valence-corrected chi connectivity index (χ4v) is 3.32. The molecule has 1 fully saturated rings. The molecule has 1 aliphatic rings. The average molecular weight is 361 g/mol. The molecule has 26 heavy (non-hydrogen) atoms. The predicted molar refractivity (Wildman–Crippen MR) is 93.0 cm³/mol. The van der Waals surface area contributed by atoms with Crippen LogP contribution >= 0.6 is 0 Å². The summed E-state index contributed by atoms with van der Waals surface area (Å²) in [5.74, 6) is 0.0187. The Labute approximate surface area is 150 Å². The number of aromatic hydroxyl groups is 1. The molecule has 0 unspecified atom stereocenters. The van der Waals surface area contributed by atoms with Gasteiger partial charge in [-0.2, -0.15) is 5.10 Å². The van der Waals surface area contributed by atoms with Gasteiger partial charge >= 0.3 is 0 Å². The third-order valence-electron chi connectivity index (χ3n) is 4.70. The second kappa shape index (κ2) is 7.74. The summed E-state index contributed by atoms with van der Waals surface area (Å²) < 4.78 is 12.8. The van der Waals surface area contributed by atoms with E-state index in [4.69, 9.17) is 9.15 Å². The van der Waals surface area contributed by atoms with E-state index < -0.39 is 16.6 Å². The summed E-state index contributed by atoms with van der Waals surface area (Å²) in [5.41, 5.74) is -1.24. The number of nitrogens with one attached hydrogen (secondary N) is 1. The van der Waals surface area contributed by atoms with Gasteiger partial charge in [0.05, 0.1) is 6.54 Å². The Morgan fingerprint density at radius 3 is 2.88 bits per heavy atom. The van der Waals surface area contributed by atoms with Crippen molar-refractivity contribution in [3.8, 4) is 5.75 Å². The van der Waals surface area contributed by atoms with Crippen molar-refractivity contribution in [2.45, 2.75) is 38.1 Å². The molecule has 0 aromatic carbocycles. The first-order valence-electron chi connectivity index (χ1n) is 8.66. The predicted octanol–water partition coefficient (Wildman–Crippen LogP) is 1.11. The minimum absolute atomic E-state index is 0.120. The molecular weight excluding hydrogens is 338 g/mol. The van der Waals surface area contributed by atoms with Gasteiger partial charge in [-0.1, -0.05) is 0 Å². The molecule has 3 rings (SSSR count). The van der Waals surface area contributed by atoms with Crippen molar-refractivity contribution in [2.24, 2.45) is 0 Å². The van der Waals surface area contributed by atoms with Crippen LogP contribution < -0.4 is 10.7 Å². The van der Waals surface area contributed by atoms with E-state index in [2.05, 4.69) is 10.4 Å². The van der Waals surface area contributed by atoms with Gasteiger partial charge in [0, 0.05) is 50.1 Å².